The third-order valence-electron chi connectivity index (χ3n) is 4.88. The van der Waals surface area contributed by atoms with Gasteiger partial charge in [-0.3, -0.25) is 14.1 Å². The molecule has 26 heavy (non-hydrogen) atoms. The number of nitrogens with one attached hydrogen (secondary N) is 2. The zero-order valence-electron chi connectivity index (χ0n) is 16.5. The molecule has 0 spiro atoms. The van der Waals surface area contributed by atoms with E-state index < -0.39 is 10.8 Å². The first-order chi connectivity index (χ1) is 12.5. The summed E-state index contributed by atoms with van der Waals surface area (Å²) in [4.78, 5) is 6.91. The van der Waals surface area contributed by atoms with Crippen molar-refractivity contribution in [3.05, 3.63) is 24.2 Å². The number of nitrogens with zero attached hydrogens (tertiary/aromatic N) is 2. The second-order valence-electron chi connectivity index (χ2n) is 7.01. The molecule has 2 rings (SSSR count). The van der Waals surface area contributed by atoms with Gasteiger partial charge in [0.05, 0.1) is 18.8 Å². The van der Waals surface area contributed by atoms with E-state index in [4.69, 9.17) is 9.41 Å². The van der Waals surface area contributed by atoms with Gasteiger partial charge in [-0.2, -0.15) is 0 Å². The summed E-state index contributed by atoms with van der Waals surface area (Å²) in [5.74, 6) is 2.50. The second kappa shape index (κ2) is 10.7. The summed E-state index contributed by atoms with van der Waals surface area (Å²) in [6, 6.07) is 4.34. The summed E-state index contributed by atoms with van der Waals surface area (Å²) in [5.41, 5.74) is 0. The minimum Gasteiger partial charge on any atom is -0.468 e. The van der Waals surface area contributed by atoms with E-state index in [0.29, 0.717) is 17.8 Å². The molecule has 1 aliphatic carbocycles. The Morgan fingerprint density at radius 2 is 2.23 bits per heavy atom. The Morgan fingerprint density at radius 3 is 2.85 bits per heavy atom. The maximum absolute atomic E-state index is 12.2. The van der Waals surface area contributed by atoms with Gasteiger partial charge in [-0.15, -0.1) is 0 Å². The number of furan rings is 1. The monoisotopic (exact) mass is 382 g/mol. The van der Waals surface area contributed by atoms with Crippen LogP contribution in [0.25, 0.3) is 0 Å². The highest BCUT2D eigenvalue weighted by atomic mass is 32.2. The number of hydrogen-bond acceptors (Lipinski definition) is 4. The molecule has 148 valence electrons. The van der Waals surface area contributed by atoms with E-state index >= 15 is 0 Å². The number of hydrogen-bond donors (Lipinski definition) is 2. The second-order valence-corrected chi connectivity index (χ2v) is 9.02. The molecule has 0 aliphatic heterocycles. The van der Waals surface area contributed by atoms with E-state index in [1.54, 1.807) is 6.26 Å². The fourth-order valence-corrected chi connectivity index (χ4v) is 4.78. The highest BCUT2D eigenvalue weighted by Gasteiger charge is 2.26. The van der Waals surface area contributed by atoms with Crippen molar-refractivity contribution >= 4 is 16.8 Å². The molecular weight excluding hydrogens is 348 g/mol. The van der Waals surface area contributed by atoms with Gasteiger partial charge in [-0.1, -0.05) is 13.3 Å². The Hall–Kier alpha value is -1.34. The molecule has 1 aromatic rings. The Bertz CT molecular complexity index is 574. The van der Waals surface area contributed by atoms with Crippen molar-refractivity contribution in [3.8, 4) is 0 Å². The molecule has 1 fully saturated rings. The molecule has 1 heterocycles. The molecule has 0 radical (unpaired) electrons. The van der Waals surface area contributed by atoms with Crippen LogP contribution in [0.3, 0.4) is 0 Å². The third kappa shape index (κ3) is 6.13. The zero-order chi connectivity index (χ0) is 18.9. The lowest BCUT2D eigenvalue weighted by atomic mass is 9.95. The maximum atomic E-state index is 12.2. The summed E-state index contributed by atoms with van der Waals surface area (Å²) in [5, 5.41) is 7.21. The fourth-order valence-electron chi connectivity index (χ4n) is 3.43. The van der Waals surface area contributed by atoms with Gasteiger partial charge >= 0.3 is 0 Å². The van der Waals surface area contributed by atoms with Crippen LogP contribution in [-0.4, -0.2) is 59.3 Å². The lowest BCUT2D eigenvalue weighted by Crippen LogP contribution is -2.47. The molecule has 6 nitrogen and oxygen atoms in total. The SMILES string of the molecule is CCNC(=NCC(c1ccco1)N(C)C)NC1CCCC(S(=O)CC)C1. The minimum absolute atomic E-state index is 0.104. The van der Waals surface area contributed by atoms with Crippen molar-refractivity contribution in [1.82, 2.24) is 15.5 Å². The van der Waals surface area contributed by atoms with E-state index in [-0.39, 0.29) is 6.04 Å². The van der Waals surface area contributed by atoms with Crippen molar-refractivity contribution in [3.63, 3.8) is 0 Å². The highest BCUT2D eigenvalue weighted by Crippen LogP contribution is 2.23. The molecule has 1 saturated carbocycles. The molecule has 1 aliphatic rings. The number of aliphatic imine (C=N–C) groups is 1. The van der Waals surface area contributed by atoms with E-state index in [0.717, 1.165) is 49.7 Å². The summed E-state index contributed by atoms with van der Waals surface area (Å²) >= 11 is 0. The first kappa shape index (κ1) is 21.0. The molecule has 0 bridgehead atoms. The molecule has 4 atom stereocenters. The van der Waals surface area contributed by atoms with Gasteiger partial charge in [-0.05, 0) is 52.4 Å². The molecule has 4 unspecified atom stereocenters. The molecule has 0 saturated heterocycles. The van der Waals surface area contributed by atoms with Gasteiger partial charge in [-0.25, -0.2) is 0 Å². The van der Waals surface area contributed by atoms with Gasteiger partial charge in [0.1, 0.15) is 5.76 Å². The number of guanidine groups is 1. The van der Waals surface area contributed by atoms with Crippen LogP contribution in [0.1, 0.15) is 51.3 Å². The Morgan fingerprint density at radius 1 is 1.42 bits per heavy atom. The Labute approximate surface area is 160 Å². The van der Waals surface area contributed by atoms with Gasteiger partial charge < -0.3 is 15.1 Å². The first-order valence-electron chi connectivity index (χ1n) is 9.67. The normalized spacial score (nSPS) is 23.7. The lowest BCUT2D eigenvalue weighted by Gasteiger charge is -2.30. The molecule has 0 amide bonds. The van der Waals surface area contributed by atoms with Crippen molar-refractivity contribution in [2.24, 2.45) is 4.99 Å². The number of rotatable bonds is 8. The minimum atomic E-state index is -0.710. The van der Waals surface area contributed by atoms with Crippen LogP contribution in [0.4, 0.5) is 0 Å². The molecular formula is C19H34N4O2S. The molecule has 1 aromatic heterocycles. The smallest absolute Gasteiger partial charge is 0.191 e. The van der Waals surface area contributed by atoms with Gasteiger partial charge in [0.2, 0.25) is 0 Å². The topological polar surface area (TPSA) is 69.9 Å². The molecule has 2 N–H and O–H groups in total. The molecule has 0 aromatic carbocycles. The zero-order valence-corrected chi connectivity index (χ0v) is 17.3. The molecule has 7 heteroatoms. The summed E-state index contributed by atoms with van der Waals surface area (Å²) in [6.07, 6.45) is 5.97. The van der Waals surface area contributed by atoms with Crippen LogP contribution in [0, 0.1) is 0 Å². The van der Waals surface area contributed by atoms with Crippen molar-refractivity contribution in [2.75, 3.05) is 32.9 Å². The van der Waals surface area contributed by atoms with Crippen molar-refractivity contribution < 1.29 is 8.63 Å². The lowest BCUT2D eigenvalue weighted by molar-refractivity contribution is 0.264. The predicted octanol–water partition coefficient (Wildman–Crippen LogP) is 2.52. The van der Waals surface area contributed by atoms with Crippen LogP contribution in [0.5, 0.6) is 0 Å². The summed E-state index contributed by atoms with van der Waals surface area (Å²) in [6.45, 7) is 5.51. The van der Waals surface area contributed by atoms with Crippen LogP contribution in [0.2, 0.25) is 0 Å². The number of likely N-dealkylation sites (N-methyl/N-ethyl adjacent to an activating group) is 1. The van der Waals surface area contributed by atoms with E-state index in [2.05, 4.69) is 22.5 Å². The third-order valence-corrected chi connectivity index (χ3v) is 6.63. The summed E-state index contributed by atoms with van der Waals surface area (Å²) in [7, 11) is 3.36. The quantitative estimate of drug-likeness (QED) is 0.534. The van der Waals surface area contributed by atoms with Crippen LogP contribution < -0.4 is 10.6 Å². The largest absolute Gasteiger partial charge is 0.468 e. The van der Waals surface area contributed by atoms with Crippen molar-refractivity contribution in [2.45, 2.75) is 56.9 Å². The van der Waals surface area contributed by atoms with Crippen LogP contribution >= 0.6 is 0 Å². The average Bonchev–Trinajstić information content (AvgIpc) is 3.15. The van der Waals surface area contributed by atoms with Crippen LogP contribution in [-0.2, 0) is 10.8 Å². The van der Waals surface area contributed by atoms with Gasteiger partial charge in [0.15, 0.2) is 5.96 Å². The fraction of sp³-hybridized carbons (Fsp3) is 0.737. The summed E-state index contributed by atoms with van der Waals surface area (Å²) < 4.78 is 17.7. The van der Waals surface area contributed by atoms with E-state index in [9.17, 15) is 4.21 Å². The van der Waals surface area contributed by atoms with E-state index in [1.807, 2.05) is 33.2 Å². The Balaban J connectivity index is 2.00. The van der Waals surface area contributed by atoms with Gasteiger partial charge in [0.25, 0.3) is 0 Å². The highest BCUT2D eigenvalue weighted by molar-refractivity contribution is 7.85. The first-order valence-corrected chi connectivity index (χ1v) is 11.0. The predicted molar refractivity (Wildman–Crippen MR) is 109 cm³/mol. The van der Waals surface area contributed by atoms with Crippen LogP contribution in [0.15, 0.2) is 27.8 Å². The van der Waals surface area contributed by atoms with Gasteiger partial charge in [0, 0.05) is 34.4 Å². The van der Waals surface area contributed by atoms with Crippen molar-refractivity contribution in [1.29, 1.82) is 0 Å². The maximum Gasteiger partial charge on any atom is 0.191 e. The Kier molecular flexibility index (Phi) is 8.65. The average molecular weight is 383 g/mol. The van der Waals surface area contributed by atoms with E-state index in [1.165, 1.54) is 0 Å². The standard InChI is InChI=1S/C19H34N4O2S/c1-5-20-19(21-14-17(23(3)4)18-11-8-12-25-18)22-15-9-7-10-16(13-15)26(24)6-2/h8,11-12,15-17H,5-7,9-10,13-14H2,1-4H3,(H2,20,21,22).